The molecule has 0 amide bonds. The van der Waals surface area contributed by atoms with Crippen molar-refractivity contribution < 1.29 is 9.47 Å². The third kappa shape index (κ3) is 3.92. The first-order valence-electron chi connectivity index (χ1n) is 5.98. The third-order valence-electron chi connectivity index (χ3n) is 2.32. The van der Waals surface area contributed by atoms with Crippen molar-refractivity contribution in [3.05, 3.63) is 29.2 Å². The van der Waals surface area contributed by atoms with Gasteiger partial charge in [-0.3, -0.25) is 0 Å². The van der Waals surface area contributed by atoms with Crippen molar-refractivity contribution in [3.63, 3.8) is 0 Å². The molecule has 0 saturated heterocycles. The summed E-state index contributed by atoms with van der Waals surface area (Å²) in [4.78, 5) is 16.0. The zero-order chi connectivity index (χ0) is 14.4. The van der Waals surface area contributed by atoms with Crippen LogP contribution in [0.1, 0.15) is 12.5 Å². The lowest BCUT2D eigenvalue weighted by Gasteiger charge is -2.07. The van der Waals surface area contributed by atoms with Gasteiger partial charge in [0.1, 0.15) is 0 Å². The fourth-order valence-corrected chi connectivity index (χ4v) is 1.61. The maximum absolute atomic E-state index is 5.80. The van der Waals surface area contributed by atoms with Crippen LogP contribution in [0.3, 0.4) is 0 Å². The Morgan fingerprint density at radius 1 is 1.30 bits per heavy atom. The molecular formula is C12H14ClN5O2. The molecule has 0 aliphatic rings. The summed E-state index contributed by atoms with van der Waals surface area (Å²) in [5.74, 6) is 0.900. The molecule has 106 valence electrons. The highest BCUT2D eigenvalue weighted by molar-refractivity contribution is 6.28. The Kier molecular flexibility index (Phi) is 4.89. The average molecular weight is 296 g/mol. The smallest absolute Gasteiger partial charge is 0.322 e. The second kappa shape index (κ2) is 6.85. The van der Waals surface area contributed by atoms with E-state index >= 15 is 0 Å². The molecular weight excluding hydrogens is 282 g/mol. The molecule has 2 aromatic rings. The van der Waals surface area contributed by atoms with Crippen molar-refractivity contribution >= 4 is 17.5 Å². The van der Waals surface area contributed by atoms with E-state index in [1.54, 1.807) is 13.3 Å². The maximum atomic E-state index is 5.80. The molecule has 20 heavy (non-hydrogen) atoms. The molecule has 0 radical (unpaired) electrons. The summed E-state index contributed by atoms with van der Waals surface area (Å²) in [7, 11) is 1.57. The first-order chi connectivity index (χ1) is 9.71. The standard InChI is InChI=1S/C12H14ClN5O2/c1-3-20-12-17-10(13)16-11(18-12)15-7-8-4-5-14-9(6-8)19-2/h4-6H,3,7H2,1-2H3,(H,15,16,17,18). The molecule has 2 rings (SSSR count). The molecule has 0 fully saturated rings. The Labute approximate surface area is 121 Å². The Bertz CT molecular complexity index is 582. The largest absolute Gasteiger partial charge is 0.481 e. The van der Waals surface area contributed by atoms with Crippen molar-refractivity contribution in [1.29, 1.82) is 0 Å². The summed E-state index contributed by atoms with van der Waals surface area (Å²) in [6, 6.07) is 3.88. The van der Waals surface area contributed by atoms with Gasteiger partial charge in [0.15, 0.2) is 0 Å². The van der Waals surface area contributed by atoms with Gasteiger partial charge in [-0.25, -0.2) is 4.98 Å². The maximum Gasteiger partial charge on any atom is 0.322 e. The average Bonchev–Trinajstić information content (AvgIpc) is 2.45. The molecule has 2 heterocycles. The summed E-state index contributed by atoms with van der Waals surface area (Å²) in [5, 5.41) is 3.12. The summed E-state index contributed by atoms with van der Waals surface area (Å²) < 4.78 is 10.3. The number of halogens is 1. The molecule has 0 aliphatic carbocycles. The van der Waals surface area contributed by atoms with E-state index in [-0.39, 0.29) is 11.3 Å². The highest BCUT2D eigenvalue weighted by Crippen LogP contribution is 2.13. The molecule has 0 bridgehead atoms. The number of hydrogen-bond donors (Lipinski definition) is 1. The number of anilines is 1. The molecule has 0 atom stereocenters. The molecule has 8 heteroatoms. The van der Waals surface area contributed by atoms with Crippen LogP contribution < -0.4 is 14.8 Å². The summed E-state index contributed by atoms with van der Waals surface area (Å²) in [5.41, 5.74) is 0.978. The minimum atomic E-state index is 0.0817. The van der Waals surface area contributed by atoms with Crippen molar-refractivity contribution in [2.24, 2.45) is 0 Å². The van der Waals surface area contributed by atoms with Gasteiger partial charge in [-0.2, -0.15) is 15.0 Å². The number of pyridine rings is 1. The lowest BCUT2D eigenvalue weighted by Crippen LogP contribution is -2.07. The first-order valence-corrected chi connectivity index (χ1v) is 6.36. The van der Waals surface area contributed by atoms with Gasteiger partial charge in [0.25, 0.3) is 0 Å². The predicted molar refractivity (Wildman–Crippen MR) is 74.1 cm³/mol. The number of hydrogen-bond acceptors (Lipinski definition) is 7. The van der Waals surface area contributed by atoms with E-state index < -0.39 is 0 Å². The van der Waals surface area contributed by atoms with E-state index in [9.17, 15) is 0 Å². The highest BCUT2D eigenvalue weighted by Gasteiger charge is 2.06. The lowest BCUT2D eigenvalue weighted by atomic mass is 10.2. The predicted octanol–water partition coefficient (Wildman–Crippen LogP) is 1.94. The van der Waals surface area contributed by atoms with Crippen LogP contribution in [-0.2, 0) is 6.54 Å². The molecule has 7 nitrogen and oxygen atoms in total. The zero-order valence-electron chi connectivity index (χ0n) is 11.1. The van der Waals surface area contributed by atoms with E-state index in [2.05, 4.69) is 25.3 Å². The van der Waals surface area contributed by atoms with Crippen LogP contribution in [0.15, 0.2) is 18.3 Å². The molecule has 0 aliphatic heterocycles. The lowest BCUT2D eigenvalue weighted by molar-refractivity contribution is 0.312. The van der Waals surface area contributed by atoms with Crippen LogP contribution in [0.4, 0.5) is 5.95 Å². The van der Waals surface area contributed by atoms with Crippen LogP contribution in [0.5, 0.6) is 11.9 Å². The van der Waals surface area contributed by atoms with Gasteiger partial charge in [0.05, 0.1) is 13.7 Å². The van der Waals surface area contributed by atoms with Crippen molar-refractivity contribution in [1.82, 2.24) is 19.9 Å². The van der Waals surface area contributed by atoms with Crippen LogP contribution in [0.25, 0.3) is 0 Å². The van der Waals surface area contributed by atoms with Gasteiger partial charge in [-0.15, -0.1) is 0 Å². The minimum Gasteiger partial charge on any atom is -0.481 e. The molecule has 0 aromatic carbocycles. The highest BCUT2D eigenvalue weighted by atomic mass is 35.5. The monoisotopic (exact) mass is 295 g/mol. The van der Waals surface area contributed by atoms with Gasteiger partial charge in [-0.05, 0) is 30.2 Å². The van der Waals surface area contributed by atoms with E-state index in [0.717, 1.165) is 5.56 Å². The van der Waals surface area contributed by atoms with E-state index in [0.29, 0.717) is 25.0 Å². The van der Waals surface area contributed by atoms with Crippen LogP contribution >= 0.6 is 11.6 Å². The van der Waals surface area contributed by atoms with E-state index in [1.807, 2.05) is 19.1 Å². The summed E-state index contributed by atoms with van der Waals surface area (Å²) in [6.07, 6.45) is 1.67. The Balaban J connectivity index is 2.06. The second-order valence-corrected chi connectivity index (χ2v) is 4.04. The molecule has 1 N–H and O–H groups in total. The minimum absolute atomic E-state index is 0.0817. The number of methoxy groups -OCH3 is 1. The summed E-state index contributed by atoms with van der Waals surface area (Å²) >= 11 is 5.80. The second-order valence-electron chi connectivity index (χ2n) is 3.70. The molecule has 0 saturated carbocycles. The fraction of sp³-hybridized carbons (Fsp3) is 0.333. The topological polar surface area (TPSA) is 82.1 Å². The van der Waals surface area contributed by atoms with Crippen molar-refractivity contribution in [2.75, 3.05) is 19.0 Å². The molecule has 0 unspecified atom stereocenters. The number of nitrogens with one attached hydrogen (secondary N) is 1. The first kappa shape index (κ1) is 14.3. The third-order valence-corrected chi connectivity index (χ3v) is 2.49. The Morgan fingerprint density at radius 3 is 2.90 bits per heavy atom. The van der Waals surface area contributed by atoms with Crippen LogP contribution in [-0.4, -0.2) is 33.7 Å². The Morgan fingerprint density at radius 2 is 2.15 bits per heavy atom. The number of aromatic nitrogens is 4. The van der Waals surface area contributed by atoms with Gasteiger partial charge >= 0.3 is 6.01 Å². The van der Waals surface area contributed by atoms with E-state index in [1.165, 1.54) is 0 Å². The number of ether oxygens (including phenoxy) is 2. The van der Waals surface area contributed by atoms with Crippen molar-refractivity contribution in [2.45, 2.75) is 13.5 Å². The summed E-state index contributed by atoms with van der Waals surface area (Å²) in [6.45, 7) is 2.81. The molecule has 0 spiro atoms. The Hall–Kier alpha value is -2.15. The van der Waals surface area contributed by atoms with Crippen LogP contribution in [0, 0.1) is 0 Å². The van der Waals surface area contributed by atoms with Gasteiger partial charge in [0, 0.05) is 18.8 Å². The SMILES string of the molecule is CCOc1nc(Cl)nc(NCc2ccnc(OC)c2)n1. The molecule has 2 aromatic heterocycles. The van der Waals surface area contributed by atoms with Gasteiger partial charge < -0.3 is 14.8 Å². The van der Waals surface area contributed by atoms with Gasteiger partial charge in [0.2, 0.25) is 17.1 Å². The quantitative estimate of drug-likeness (QED) is 0.872. The van der Waals surface area contributed by atoms with Crippen LogP contribution in [0.2, 0.25) is 5.28 Å². The van der Waals surface area contributed by atoms with Gasteiger partial charge in [-0.1, -0.05) is 0 Å². The zero-order valence-corrected chi connectivity index (χ0v) is 11.9. The number of rotatable bonds is 6. The number of nitrogens with zero attached hydrogens (tertiary/aromatic N) is 4. The van der Waals surface area contributed by atoms with Crippen molar-refractivity contribution in [3.8, 4) is 11.9 Å². The van der Waals surface area contributed by atoms with E-state index in [4.69, 9.17) is 21.1 Å². The normalized spacial score (nSPS) is 10.2. The fourth-order valence-electron chi connectivity index (χ4n) is 1.46.